The highest BCUT2D eigenvalue weighted by atomic mass is 16.5. The highest BCUT2D eigenvalue weighted by molar-refractivity contribution is 5.90. The molecule has 64 heavy (non-hydrogen) atoms. The molecule has 0 saturated carbocycles. The van der Waals surface area contributed by atoms with Gasteiger partial charge in [0.1, 0.15) is 37.1 Å². The minimum atomic E-state index is -0.420. The van der Waals surface area contributed by atoms with Gasteiger partial charge in [-0.3, -0.25) is 4.90 Å². The molecular weight excluding hydrogens is 837 g/mol. The molecule has 0 spiro atoms. The Balaban J connectivity index is 1.43. The Labute approximate surface area is 369 Å². The second-order valence-electron chi connectivity index (χ2n) is 12.8. The molecule has 3 aromatic carbocycles. The van der Waals surface area contributed by atoms with Crippen molar-refractivity contribution < 1.29 is 42.8 Å². The minimum absolute atomic E-state index is 0.248. The van der Waals surface area contributed by atoms with Gasteiger partial charge in [0.15, 0.2) is 0 Å². The number of benzene rings is 3. The van der Waals surface area contributed by atoms with E-state index in [2.05, 4.69) is 62.0 Å². The van der Waals surface area contributed by atoms with E-state index in [-0.39, 0.29) is 39.3 Å². The van der Waals surface area contributed by atoms with Crippen molar-refractivity contribution in [1.29, 1.82) is 0 Å². The zero-order valence-electron chi connectivity index (χ0n) is 35.3. The van der Waals surface area contributed by atoms with E-state index in [0.717, 1.165) is 0 Å². The summed E-state index contributed by atoms with van der Waals surface area (Å²) in [4.78, 5) is 48.1. The van der Waals surface area contributed by atoms with Crippen molar-refractivity contribution in [3.05, 3.63) is 104 Å². The Kier molecular flexibility index (Phi) is 26.5. The van der Waals surface area contributed by atoms with Crippen LogP contribution in [-0.2, 0) is 14.2 Å². The molecule has 0 aliphatic carbocycles. The molecule has 25 heteroatoms. The second-order valence-corrected chi connectivity index (χ2v) is 12.8. The summed E-state index contributed by atoms with van der Waals surface area (Å²) in [6.07, 6.45) is 0. The standard InChI is InChI=1S/C39H54N16O9/c40-52-46-16-22-59-25-28-62-34-7-1-31(2-8-34)49-37(56)43-13-19-55(20-14-44-38(57)50-32-3-9-35(10-4-32)63-29-26-60-23-17-47-53-41)21-15-45-39(58)51-33-5-11-36(12-6-33)64-30-27-61-24-18-48-54-42/h1-12H,13-30H2,(H2,43,49,56)(H2,44,50,57)(H2,45,51,58). The SMILES string of the molecule is [N-]=[N+]=NCCOCCOc1ccc(NC(=O)NCCN(CCNC(=O)Nc2ccc(OCCOCCN=[N+]=[N-])cc2)CCNC(=O)Nc2ccc(OCCOCCN=[N+]=[N-])cc2)cc1. The Morgan fingerprint density at radius 3 is 0.984 bits per heavy atom. The fraction of sp³-hybridized carbons (Fsp3) is 0.462. The fourth-order valence-corrected chi connectivity index (χ4v) is 5.16. The number of azide groups is 3. The zero-order chi connectivity index (χ0) is 45.7. The summed E-state index contributed by atoms with van der Waals surface area (Å²) >= 11 is 0. The summed E-state index contributed by atoms with van der Waals surface area (Å²) in [6.45, 7) is 5.53. The normalized spacial score (nSPS) is 10.3. The third-order valence-corrected chi connectivity index (χ3v) is 8.16. The first-order valence-corrected chi connectivity index (χ1v) is 20.2. The number of nitrogens with one attached hydrogen (secondary N) is 6. The van der Waals surface area contributed by atoms with Gasteiger partial charge in [0, 0.05) is 90.7 Å². The van der Waals surface area contributed by atoms with Gasteiger partial charge in [-0.2, -0.15) is 0 Å². The Morgan fingerprint density at radius 2 is 0.719 bits per heavy atom. The van der Waals surface area contributed by atoms with Crippen LogP contribution in [0.2, 0.25) is 0 Å². The summed E-state index contributed by atoms with van der Waals surface area (Å²) in [5, 5.41) is 27.0. The van der Waals surface area contributed by atoms with E-state index in [9.17, 15) is 14.4 Å². The van der Waals surface area contributed by atoms with Crippen LogP contribution in [0.25, 0.3) is 31.3 Å². The van der Waals surface area contributed by atoms with Crippen LogP contribution in [0.15, 0.2) is 88.1 Å². The topological polar surface area (TPSA) is 328 Å². The summed E-state index contributed by atoms with van der Waals surface area (Å²) in [5.41, 5.74) is 26.5. The molecule has 25 nitrogen and oxygen atoms in total. The van der Waals surface area contributed by atoms with Gasteiger partial charge in [-0.15, -0.1) is 0 Å². The van der Waals surface area contributed by atoms with Crippen LogP contribution in [0.5, 0.6) is 17.2 Å². The molecule has 3 aromatic rings. The van der Waals surface area contributed by atoms with Gasteiger partial charge < -0.3 is 60.3 Å². The molecule has 6 amide bonds. The average Bonchev–Trinajstić information content (AvgIpc) is 3.29. The predicted octanol–water partition coefficient (Wildman–Crippen LogP) is 5.87. The number of ether oxygens (including phenoxy) is 6. The number of carbonyl (C=O) groups excluding carboxylic acids is 3. The first-order valence-electron chi connectivity index (χ1n) is 20.2. The molecular formula is C39H54N16O9. The monoisotopic (exact) mass is 890 g/mol. The van der Waals surface area contributed by atoms with Crippen molar-refractivity contribution in [1.82, 2.24) is 20.9 Å². The lowest BCUT2D eigenvalue weighted by Gasteiger charge is -2.23. The van der Waals surface area contributed by atoms with E-state index in [0.29, 0.717) is 113 Å². The molecule has 0 bridgehead atoms. The summed E-state index contributed by atoms with van der Waals surface area (Å²) in [7, 11) is 0. The summed E-state index contributed by atoms with van der Waals surface area (Å²) < 4.78 is 32.8. The van der Waals surface area contributed by atoms with Crippen LogP contribution in [0.1, 0.15) is 0 Å². The van der Waals surface area contributed by atoms with Gasteiger partial charge in [0.25, 0.3) is 0 Å². The molecule has 0 saturated heterocycles. The third-order valence-electron chi connectivity index (χ3n) is 8.16. The smallest absolute Gasteiger partial charge is 0.319 e. The Hall–Kier alpha value is -7.36. The van der Waals surface area contributed by atoms with Crippen molar-refractivity contribution in [3.63, 3.8) is 0 Å². The third kappa shape index (κ3) is 24.8. The number of urea groups is 3. The lowest BCUT2D eigenvalue weighted by Crippen LogP contribution is -2.44. The Bertz CT molecular complexity index is 1720. The quantitative estimate of drug-likeness (QED) is 0.0183. The van der Waals surface area contributed by atoms with Gasteiger partial charge in [0.05, 0.1) is 39.6 Å². The molecule has 0 aliphatic heterocycles. The van der Waals surface area contributed by atoms with Crippen LogP contribution in [0.4, 0.5) is 31.4 Å². The highest BCUT2D eigenvalue weighted by Crippen LogP contribution is 2.17. The largest absolute Gasteiger partial charge is 0.491 e. The number of anilines is 3. The van der Waals surface area contributed by atoms with Crippen LogP contribution in [0, 0.1) is 0 Å². The van der Waals surface area contributed by atoms with Gasteiger partial charge in [0.2, 0.25) is 0 Å². The van der Waals surface area contributed by atoms with Crippen LogP contribution in [0.3, 0.4) is 0 Å². The lowest BCUT2D eigenvalue weighted by molar-refractivity contribution is 0.106. The minimum Gasteiger partial charge on any atom is -0.491 e. The van der Waals surface area contributed by atoms with E-state index in [4.69, 9.17) is 45.0 Å². The summed E-state index contributed by atoms with van der Waals surface area (Å²) in [6, 6.07) is 19.2. The van der Waals surface area contributed by atoms with Crippen LogP contribution < -0.4 is 46.1 Å². The molecule has 0 radical (unpaired) electrons. The van der Waals surface area contributed by atoms with Crippen molar-refractivity contribution >= 4 is 35.2 Å². The van der Waals surface area contributed by atoms with Crippen molar-refractivity contribution in [2.45, 2.75) is 0 Å². The van der Waals surface area contributed by atoms with E-state index in [1.807, 2.05) is 4.90 Å². The number of carbonyl (C=O) groups is 3. The molecule has 0 fully saturated rings. The molecule has 0 unspecified atom stereocenters. The summed E-state index contributed by atoms with van der Waals surface area (Å²) in [5.74, 6) is 1.78. The molecule has 0 heterocycles. The maximum atomic E-state index is 12.7. The van der Waals surface area contributed by atoms with Gasteiger partial charge >= 0.3 is 18.1 Å². The molecule has 0 atom stereocenters. The first-order chi connectivity index (χ1) is 31.4. The van der Waals surface area contributed by atoms with Crippen molar-refractivity contribution in [3.8, 4) is 17.2 Å². The molecule has 0 aliphatic rings. The lowest BCUT2D eigenvalue weighted by atomic mass is 10.3. The zero-order valence-corrected chi connectivity index (χ0v) is 35.3. The molecule has 344 valence electrons. The predicted molar refractivity (Wildman–Crippen MR) is 238 cm³/mol. The molecule has 0 aromatic heterocycles. The van der Waals surface area contributed by atoms with E-state index < -0.39 is 18.1 Å². The van der Waals surface area contributed by atoms with Crippen molar-refractivity contribution in [2.24, 2.45) is 15.3 Å². The van der Waals surface area contributed by atoms with Gasteiger partial charge in [-0.05, 0) is 89.4 Å². The van der Waals surface area contributed by atoms with E-state index in [1.54, 1.807) is 72.8 Å². The van der Waals surface area contributed by atoms with E-state index in [1.165, 1.54) is 0 Å². The number of nitrogens with zero attached hydrogens (tertiary/aromatic N) is 10. The number of rotatable bonds is 33. The van der Waals surface area contributed by atoms with Crippen LogP contribution in [-0.4, -0.2) is 141 Å². The maximum absolute atomic E-state index is 12.7. The van der Waals surface area contributed by atoms with Gasteiger partial charge in [-0.1, -0.05) is 15.3 Å². The second kappa shape index (κ2) is 33.3. The Morgan fingerprint density at radius 1 is 0.438 bits per heavy atom. The van der Waals surface area contributed by atoms with Crippen LogP contribution >= 0.6 is 0 Å². The average molecular weight is 891 g/mol. The van der Waals surface area contributed by atoms with Crippen molar-refractivity contribution in [2.75, 3.05) is 134 Å². The molecule has 6 N–H and O–H groups in total. The maximum Gasteiger partial charge on any atom is 0.319 e. The number of amides is 6. The number of hydrogen-bond acceptors (Lipinski definition) is 13. The highest BCUT2D eigenvalue weighted by Gasteiger charge is 2.10. The number of hydrogen-bond donors (Lipinski definition) is 6. The first kappa shape index (κ1) is 51.0. The fourth-order valence-electron chi connectivity index (χ4n) is 5.16. The van der Waals surface area contributed by atoms with E-state index >= 15 is 0 Å². The van der Waals surface area contributed by atoms with Gasteiger partial charge in [-0.25, -0.2) is 14.4 Å². The molecule has 3 rings (SSSR count).